The van der Waals surface area contributed by atoms with E-state index in [0.717, 1.165) is 6.42 Å². The van der Waals surface area contributed by atoms with Gasteiger partial charge < -0.3 is 5.11 Å². The van der Waals surface area contributed by atoms with E-state index in [2.05, 4.69) is 39.2 Å². The van der Waals surface area contributed by atoms with E-state index in [1.807, 2.05) is 0 Å². The Bertz CT molecular complexity index is 230. The molecule has 0 radical (unpaired) electrons. The Balaban J connectivity index is 2.48. The molecule has 0 aromatic carbocycles. The summed E-state index contributed by atoms with van der Waals surface area (Å²) >= 11 is 0. The summed E-state index contributed by atoms with van der Waals surface area (Å²) in [6.07, 6.45) is 1.97. The number of aliphatic hydroxyl groups is 1. The van der Waals surface area contributed by atoms with Gasteiger partial charge in [0, 0.05) is 12.8 Å². The van der Waals surface area contributed by atoms with Gasteiger partial charge in [0.15, 0.2) is 6.04 Å². The molecule has 2 atom stereocenters. The molecule has 0 bridgehead atoms. The summed E-state index contributed by atoms with van der Waals surface area (Å²) in [6, 6.07) is 0.499. The summed E-state index contributed by atoms with van der Waals surface area (Å²) in [7, 11) is 0. The van der Waals surface area contributed by atoms with Crippen LogP contribution in [-0.4, -0.2) is 27.7 Å². The molecule has 1 aliphatic heterocycles. The highest BCUT2D eigenvalue weighted by molar-refractivity contribution is 5.90. The van der Waals surface area contributed by atoms with Crippen LogP contribution in [0.15, 0.2) is 0 Å². The first kappa shape index (κ1) is 11.7. The number of aliphatic hydroxyl groups excluding tert-OH is 1. The van der Waals surface area contributed by atoms with Crippen molar-refractivity contribution in [1.82, 2.24) is 0 Å². The SMILES string of the molecule is CC(C)CC1=[N+](C(C)CC(C)C)C1O. The third-order valence-corrected chi connectivity index (χ3v) is 2.73. The van der Waals surface area contributed by atoms with Gasteiger partial charge in [-0.3, -0.25) is 0 Å². The second-order valence-electron chi connectivity index (χ2n) is 5.35. The van der Waals surface area contributed by atoms with Crippen LogP contribution >= 0.6 is 0 Å². The molecule has 1 aliphatic rings. The van der Waals surface area contributed by atoms with Crippen molar-refractivity contribution in [3.8, 4) is 0 Å². The van der Waals surface area contributed by atoms with E-state index in [9.17, 15) is 5.11 Å². The second kappa shape index (κ2) is 4.43. The van der Waals surface area contributed by atoms with Gasteiger partial charge in [-0.25, -0.2) is 0 Å². The molecule has 2 nitrogen and oxygen atoms in total. The largest absolute Gasteiger partial charge is 0.337 e. The van der Waals surface area contributed by atoms with Crippen LogP contribution < -0.4 is 0 Å². The highest BCUT2D eigenvalue weighted by Gasteiger charge is 2.49. The molecule has 1 N–H and O–H groups in total. The van der Waals surface area contributed by atoms with Crippen LogP contribution in [0.4, 0.5) is 0 Å². The van der Waals surface area contributed by atoms with Gasteiger partial charge in [0.1, 0.15) is 0 Å². The number of hydrogen-bond donors (Lipinski definition) is 1. The van der Waals surface area contributed by atoms with Crippen molar-refractivity contribution in [2.75, 3.05) is 0 Å². The average Bonchev–Trinajstić information content (AvgIpc) is 2.58. The Hall–Kier alpha value is -0.370. The summed E-state index contributed by atoms with van der Waals surface area (Å²) in [5, 5.41) is 9.71. The van der Waals surface area contributed by atoms with Crippen molar-refractivity contribution in [1.29, 1.82) is 0 Å². The van der Waals surface area contributed by atoms with E-state index in [1.54, 1.807) is 0 Å². The van der Waals surface area contributed by atoms with E-state index < -0.39 is 0 Å². The minimum Gasteiger partial charge on any atom is -0.329 e. The predicted molar refractivity (Wildman–Crippen MR) is 59.6 cm³/mol. The molecule has 0 saturated carbocycles. The highest BCUT2D eigenvalue weighted by Crippen LogP contribution is 2.22. The van der Waals surface area contributed by atoms with E-state index in [4.69, 9.17) is 0 Å². The summed E-state index contributed by atoms with van der Waals surface area (Å²) in [6.45, 7) is 11.1. The fourth-order valence-corrected chi connectivity index (χ4v) is 2.19. The van der Waals surface area contributed by atoms with E-state index in [1.165, 1.54) is 12.1 Å². The molecule has 1 rings (SSSR count). The molecule has 82 valence electrons. The fraction of sp³-hybridized carbons (Fsp3) is 0.917. The minimum atomic E-state index is -0.244. The van der Waals surface area contributed by atoms with Crippen LogP contribution in [0.1, 0.15) is 47.5 Å². The topological polar surface area (TPSA) is 23.2 Å². The van der Waals surface area contributed by atoms with Crippen LogP contribution in [0.25, 0.3) is 0 Å². The van der Waals surface area contributed by atoms with Crippen molar-refractivity contribution >= 4 is 5.71 Å². The Morgan fingerprint density at radius 1 is 1.14 bits per heavy atom. The van der Waals surface area contributed by atoms with Crippen LogP contribution in [0, 0.1) is 11.8 Å². The zero-order chi connectivity index (χ0) is 10.9. The molecule has 0 saturated heterocycles. The van der Waals surface area contributed by atoms with Crippen LogP contribution in [0.3, 0.4) is 0 Å². The Labute approximate surface area is 87.6 Å². The third kappa shape index (κ3) is 2.81. The van der Waals surface area contributed by atoms with Gasteiger partial charge in [-0.1, -0.05) is 27.7 Å². The molecule has 1 heterocycles. The van der Waals surface area contributed by atoms with Crippen molar-refractivity contribution < 1.29 is 9.68 Å². The Morgan fingerprint density at radius 3 is 2.14 bits per heavy atom. The molecule has 0 fully saturated rings. The van der Waals surface area contributed by atoms with Gasteiger partial charge in [0.05, 0.1) is 0 Å². The van der Waals surface area contributed by atoms with Gasteiger partial charge >= 0.3 is 6.23 Å². The third-order valence-electron chi connectivity index (χ3n) is 2.73. The first-order valence-electron chi connectivity index (χ1n) is 5.75. The fourth-order valence-electron chi connectivity index (χ4n) is 2.19. The lowest BCUT2D eigenvalue weighted by atomic mass is 10.1. The van der Waals surface area contributed by atoms with E-state index in [-0.39, 0.29) is 6.23 Å². The summed E-state index contributed by atoms with van der Waals surface area (Å²) in [4.78, 5) is 0. The molecule has 0 aromatic rings. The molecule has 0 aromatic heterocycles. The van der Waals surface area contributed by atoms with E-state index in [0.29, 0.717) is 17.9 Å². The van der Waals surface area contributed by atoms with Gasteiger partial charge in [-0.15, -0.1) is 0 Å². The Kier molecular flexibility index (Phi) is 3.71. The van der Waals surface area contributed by atoms with Crippen molar-refractivity contribution in [3.63, 3.8) is 0 Å². The maximum atomic E-state index is 9.71. The average molecular weight is 198 g/mol. The monoisotopic (exact) mass is 198 g/mol. The summed E-state index contributed by atoms with van der Waals surface area (Å²) in [5.74, 6) is 1.36. The van der Waals surface area contributed by atoms with Gasteiger partial charge in [0.25, 0.3) is 5.71 Å². The number of rotatable bonds is 5. The summed E-state index contributed by atoms with van der Waals surface area (Å²) < 4.78 is 2.17. The van der Waals surface area contributed by atoms with E-state index >= 15 is 0 Å². The molecule has 0 amide bonds. The molecule has 2 heteroatoms. The smallest absolute Gasteiger partial charge is 0.329 e. The predicted octanol–water partition coefficient (Wildman–Crippen LogP) is 2.25. The molecule has 14 heavy (non-hydrogen) atoms. The standard InChI is InChI=1S/C12H24NO/c1-8(2)6-10(5)13-11(12(13)14)7-9(3)4/h8-10,12,14H,6-7H2,1-5H3/q+1. The van der Waals surface area contributed by atoms with Crippen molar-refractivity contribution in [2.45, 2.75) is 59.7 Å². The first-order valence-corrected chi connectivity index (χ1v) is 5.75. The molecule has 0 spiro atoms. The first-order chi connectivity index (χ1) is 6.43. The van der Waals surface area contributed by atoms with Crippen LogP contribution in [0.2, 0.25) is 0 Å². The number of hydrogen-bond acceptors (Lipinski definition) is 1. The van der Waals surface area contributed by atoms with Crippen molar-refractivity contribution in [2.24, 2.45) is 11.8 Å². The maximum Gasteiger partial charge on any atom is 0.337 e. The van der Waals surface area contributed by atoms with Crippen molar-refractivity contribution in [3.05, 3.63) is 0 Å². The lowest BCUT2D eigenvalue weighted by Crippen LogP contribution is -2.17. The van der Waals surface area contributed by atoms with Crippen LogP contribution in [0.5, 0.6) is 0 Å². The van der Waals surface area contributed by atoms with Gasteiger partial charge in [-0.2, -0.15) is 4.58 Å². The lowest BCUT2D eigenvalue weighted by molar-refractivity contribution is -0.543. The Morgan fingerprint density at radius 2 is 1.71 bits per heavy atom. The lowest BCUT2D eigenvalue weighted by Gasteiger charge is -2.05. The highest BCUT2D eigenvalue weighted by atomic mass is 16.3. The minimum absolute atomic E-state index is 0.244. The normalized spacial score (nSPS) is 23.6. The van der Waals surface area contributed by atoms with Gasteiger partial charge in [-0.05, 0) is 18.8 Å². The maximum absolute atomic E-state index is 9.71. The zero-order valence-electron chi connectivity index (χ0n) is 10.1. The number of nitrogens with zero attached hydrogens (tertiary/aromatic N) is 1. The summed E-state index contributed by atoms with van der Waals surface area (Å²) in [5.41, 5.74) is 1.24. The second-order valence-corrected chi connectivity index (χ2v) is 5.35. The molecular weight excluding hydrogens is 174 g/mol. The molecular formula is C12H24NO+. The zero-order valence-corrected chi connectivity index (χ0v) is 10.1. The quantitative estimate of drug-likeness (QED) is 0.673. The molecule has 0 aliphatic carbocycles. The van der Waals surface area contributed by atoms with Crippen LogP contribution in [-0.2, 0) is 0 Å². The van der Waals surface area contributed by atoms with Gasteiger partial charge in [0.2, 0.25) is 0 Å². The molecule has 2 unspecified atom stereocenters.